The van der Waals surface area contributed by atoms with Gasteiger partial charge in [-0.05, 0) is 0 Å². The monoisotopic (exact) mass is 397 g/mol. The Bertz CT molecular complexity index is 573. The van der Waals surface area contributed by atoms with Crippen LogP contribution in [0.4, 0.5) is 43.9 Å². The Labute approximate surface area is 114 Å². The zero-order valence-electron chi connectivity index (χ0n) is 9.12. The molecule has 0 aliphatic heterocycles. The molecule has 0 aromatic carbocycles. The molecule has 0 heterocycles. The Morgan fingerprint density at radius 2 is 0.773 bits per heavy atom. The maximum atomic E-state index is 12.5. The number of hydrogen-bond acceptors (Lipinski definition) is 5. The second-order valence-corrected chi connectivity index (χ2v) is 7.07. The molecule has 1 N–H and O–H groups in total. The van der Waals surface area contributed by atoms with Crippen molar-refractivity contribution in [3.8, 4) is 0 Å². The zero-order chi connectivity index (χ0) is 18.6. The second-order valence-electron chi connectivity index (χ2n) is 3.22. The Balaban J connectivity index is 6.27. The van der Waals surface area contributed by atoms with E-state index in [1.165, 1.54) is 0 Å². The van der Waals surface area contributed by atoms with Crippen molar-refractivity contribution < 1.29 is 65.9 Å². The number of sulfonamides is 2. The van der Waals surface area contributed by atoms with Gasteiger partial charge < -0.3 is 0 Å². The summed E-state index contributed by atoms with van der Waals surface area (Å²) in [6.45, 7) is 0. The molecule has 18 heteroatoms. The lowest BCUT2D eigenvalue weighted by Gasteiger charge is -2.26. The number of halogens is 10. The van der Waals surface area contributed by atoms with Gasteiger partial charge in [0.05, 0.1) is 0 Å². The summed E-state index contributed by atoms with van der Waals surface area (Å²) in [6.07, 6.45) is -14.3. The molecule has 0 unspecified atom stereocenters. The molecule has 0 fully saturated rings. The van der Waals surface area contributed by atoms with Crippen molar-refractivity contribution >= 4 is 20.0 Å². The minimum Gasteiger partial charge on any atom is -0.285 e. The van der Waals surface area contributed by atoms with Crippen molar-refractivity contribution in [1.29, 1.82) is 0 Å². The van der Waals surface area contributed by atoms with E-state index in [1.54, 1.807) is 0 Å². The van der Waals surface area contributed by atoms with Crippen molar-refractivity contribution in [1.82, 2.24) is 3.87 Å². The van der Waals surface area contributed by atoms with Gasteiger partial charge in [0.2, 0.25) is 0 Å². The first-order valence-electron chi connectivity index (χ1n) is 4.03. The molecule has 134 valence electrons. The number of rotatable bonds is 4. The van der Waals surface area contributed by atoms with Gasteiger partial charge in [-0.2, -0.15) is 43.9 Å². The third-order valence-corrected chi connectivity index (χ3v) is 5.48. The fourth-order valence-electron chi connectivity index (χ4n) is 0.618. The van der Waals surface area contributed by atoms with Gasteiger partial charge in [-0.1, -0.05) is 0 Å². The van der Waals surface area contributed by atoms with Gasteiger partial charge in [0, 0.05) is 3.87 Å². The van der Waals surface area contributed by atoms with Crippen LogP contribution in [0.3, 0.4) is 0 Å². The third-order valence-electron chi connectivity index (χ3n) is 1.72. The highest BCUT2D eigenvalue weighted by Gasteiger charge is 2.76. The predicted molar refractivity (Wildman–Crippen MR) is 43.5 cm³/mol. The highest BCUT2D eigenvalue weighted by molar-refractivity contribution is 8.04. The van der Waals surface area contributed by atoms with E-state index in [0.29, 0.717) is 0 Å². The SMILES string of the molecule is O=S(=O)(N(O)S(=O)(=O)C(F)(F)C(F)(F)F)C(F)(F)C(F)(F)F. The van der Waals surface area contributed by atoms with Crippen LogP contribution in [0, 0.1) is 0 Å². The molecule has 0 spiro atoms. The van der Waals surface area contributed by atoms with Crippen molar-refractivity contribution in [2.24, 2.45) is 0 Å². The van der Waals surface area contributed by atoms with Gasteiger partial charge in [0.25, 0.3) is 0 Å². The summed E-state index contributed by atoms with van der Waals surface area (Å²) in [6, 6.07) is 0. The Hall–Kier alpha value is -0.880. The summed E-state index contributed by atoms with van der Waals surface area (Å²) in [7, 11) is -15.9. The van der Waals surface area contributed by atoms with Gasteiger partial charge in [-0.3, -0.25) is 5.21 Å². The van der Waals surface area contributed by atoms with Gasteiger partial charge in [-0.25, -0.2) is 16.8 Å². The Morgan fingerprint density at radius 1 is 0.591 bits per heavy atom. The second kappa shape index (κ2) is 5.06. The van der Waals surface area contributed by atoms with E-state index < -0.39 is 46.8 Å². The van der Waals surface area contributed by atoms with E-state index in [1.807, 2.05) is 0 Å². The van der Waals surface area contributed by atoms with Crippen LogP contribution in [-0.2, 0) is 20.0 Å². The average Bonchev–Trinajstić information content (AvgIpc) is 2.24. The Morgan fingerprint density at radius 3 is 0.909 bits per heavy atom. The van der Waals surface area contributed by atoms with Crippen LogP contribution in [0.25, 0.3) is 0 Å². The smallest absolute Gasteiger partial charge is 0.285 e. The lowest BCUT2D eigenvalue weighted by Crippen LogP contribution is -2.57. The van der Waals surface area contributed by atoms with Gasteiger partial charge in [-0.15, -0.1) is 0 Å². The molecule has 0 saturated heterocycles. The third kappa shape index (κ3) is 2.83. The lowest BCUT2D eigenvalue weighted by atomic mass is 10.7. The molecule has 6 nitrogen and oxygen atoms in total. The van der Waals surface area contributed by atoms with Crippen LogP contribution in [0.1, 0.15) is 0 Å². The van der Waals surface area contributed by atoms with Crippen molar-refractivity contribution in [3.05, 3.63) is 0 Å². The molecule has 0 aliphatic carbocycles. The van der Waals surface area contributed by atoms with Crippen LogP contribution in [0.2, 0.25) is 0 Å². The normalized spacial score (nSPS) is 16.2. The minimum absolute atomic E-state index is 3.36. The highest BCUT2D eigenvalue weighted by atomic mass is 32.3. The summed E-state index contributed by atoms with van der Waals surface area (Å²) < 4.78 is 159. The van der Waals surface area contributed by atoms with E-state index in [4.69, 9.17) is 5.21 Å². The van der Waals surface area contributed by atoms with Gasteiger partial charge in [0.1, 0.15) is 0 Å². The molecule has 0 aliphatic rings. The van der Waals surface area contributed by atoms with Crippen LogP contribution in [0.5, 0.6) is 0 Å². The fraction of sp³-hybridized carbons (Fsp3) is 1.00. The summed E-state index contributed by atoms with van der Waals surface area (Å²) in [5, 5.41) is -6.15. The van der Waals surface area contributed by atoms with E-state index in [0.717, 1.165) is 0 Å². The summed E-state index contributed by atoms with van der Waals surface area (Å²) in [5.41, 5.74) is 0. The van der Waals surface area contributed by atoms with E-state index in [2.05, 4.69) is 0 Å². The largest absolute Gasteiger partial charge is 0.471 e. The van der Waals surface area contributed by atoms with E-state index in [-0.39, 0.29) is 0 Å². The van der Waals surface area contributed by atoms with Crippen LogP contribution < -0.4 is 0 Å². The van der Waals surface area contributed by atoms with Gasteiger partial charge in [0.15, 0.2) is 0 Å². The molecule has 0 aromatic rings. The molecule has 0 rings (SSSR count). The Kier molecular flexibility index (Phi) is 4.86. The first-order chi connectivity index (χ1) is 9.15. The molecule has 0 amide bonds. The highest BCUT2D eigenvalue weighted by Crippen LogP contribution is 2.46. The standard InChI is InChI=1S/C4HF10NO5S2/c5-1(6,7)3(11,12)21(17,18)15(16)22(19,20)4(13,14)2(8,9)10/h16H. The van der Waals surface area contributed by atoms with Crippen LogP contribution in [0.15, 0.2) is 0 Å². The summed E-state index contributed by atoms with van der Waals surface area (Å²) >= 11 is 0. The molecule has 0 atom stereocenters. The number of alkyl halides is 10. The first kappa shape index (κ1) is 21.1. The van der Waals surface area contributed by atoms with Gasteiger partial charge >= 0.3 is 42.9 Å². The molecule has 0 aromatic heterocycles. The van der Waals surface area contributed by atoms with Crippen LogP contribution in [-0.4, -0.2) is 48.8 Å². The zero-order valence-corrected chi connectivity index (χ0v) is 10.8. The topological polar surface area (TPSA) is 91.8 Å². The van der Waals surface area contributed by atoms with Crippen molar-refractivity contribution in [3.63, 3.8) is 0 Å². The quantitative estimate of drug-likeness (QED) is 0.576. The molecule has 0 radical (unpaired) electrons. The maximum Gasteiger partial charge on any atom is 0.471 e. The molecule has 0 bridgehead atoms. The minimum atomic E-state index is -7.93. The van der Waals surface area contributed by atoms with Crippen molar-refractivity contribution in [2.75, 3.05) is 0 Å². The molecule has 22 heavy (non-hydrogen) atoms. The van der Waals surface area contributed by atoms with Crippen LogP contribution >= 0.6 is 0 Å². The fourth-order valence-corrected chi connectivity index (χ4v) is 3.19. The lowest BCUT2D eigenvalue weighted by molar-refractivity contribution is -0.247. The van der Waals surface area contributed by atoms with E-state index >= 15 is 0 Å². The number of nitrogens with zero attached hydrogens (tertiary/aromatic N) is 1. The van der Waals surface area contributed by atoms with Crippen molar-refractivity contribution in [2.45, 2.75) is 22.9 Å². The predicted octanol–water partition coefficient (Wildman–Crippen LogP) is 1.65. The maximum absolute atomic E-state index is 12.5. The molecule has 0 saturated carbocycles. The summed E-state index contributed by atoms with van der Waals surface area (Å²) in [5.74, 6) is 0. The first-order valence-corrected chi connectivity index (χ1v) is 6.91. The average molecular weight is 397 g/mol. The number of hydrogen-bond donors (Lipinski definition) is 1. The molecular formula is C4HF10NO5S2. The molecular weight excluding hydrogens is 396 g/mol. The summed E-state index contributed by atoms with van der Waals surface area (Å²) in [4.78, 5) is 0. The van der Waals surface area contributed by atoms with E-state index in [9.17, 15) is 60.7 Å².